The molecule has 0 saturated heterocycles. The Morgan fingerprint density at radius 3 is 0.600 bits per heavy atom. The van der Waals surface area contributed by atoms with E-state index in [4.69, 9.17) is 35.6 Å². The third kappa shape index (κ3) is 301. The molecule has 0 aromatic carbocycles. The Hall–Kier alpha value is 3.87. The van der Waals surface area contributed by atoms with Gasteiger partial charge in [0.2, 0.25) is 0 Å². The molecule has 0 radical (unpaired) electrons. The van der Waals surface area contributed by atoms with Crippen LogP contribution in [-0.2, 0) is 0 Å². The minimum Gasteiger partial charge on any atom is -0.153 e. The monoisotopic (exact) mass is 460 g/mol. The minimum absolute atomic E-state index is 0. The van der Waals surface area contributed by atoms with Gasteiger partial charge in [0.15, 0.2) is 0 Å². The quantitative estimate of drug-likeness (QED) is 0.316. The molecule has 15 heavy (non-hydrogen) atoms. The lowest BCUT2D eigenvalue weighted by molar-refractivity contribution is 2.50. The van der Waals surface area contributed by atoms with Gasteiger partial charge in [-0.05, 0) is 0 Å². The molecule has 0 aromatic rings. The molecule has 0 aliphatic heterocycles. The van der Waals surface area contributed by atoms with Gasteiger partial charge in [0.1, 0.15) is 0 Å². The lowest BCUT2D eigenvalue weighted by Crippen LogP contribution is -0.553. The van der Waals surface area contributed by atoms with E-state index in [9.17, 15) is 0 Å². The third-order valence-electron chi connectivity index (χ3n) is 0. The van der Waals surface area contributed by atoms with Crippen LogP contribution in [0.1, 0.15) is 87.3 Å². The summed E-state index contributed by atoms with van der Waals surface area (Å²) >= 11 is 0. The lowest BCUT2D eigenvalue weighted by atomic mass is 12.0. The van der Waals surface area contributed by atoms with Gasteiger partial charge in [-0.15, -0.1) is 35.7 Å². The average molecular weight is 460 g/mol. The van der Waals surface area contributed by atoms with Crippen molar-refractivity contribution in [3.8, 4) is 0 Å². The molecule has 0 aliphatic carbocycles. The number of hydrogen-bond donors (Lipinski definition) is 0. The van der Waals surface area contributed by atoms with Crippen molar-refractivity contribution in [2.75, 3.05) is 0 Å². The molecule has 0 aliphatic rings. The van der Waals surface area contributed by atoms with E-state index < -0.39 is 0 Å². The Morgan fingerprint density at radius 2 is 0.600 bits per heavy atom. The predicted octanol–water partition coefficient (Wildman–Crippen LogP) is 10.1. The maximum absolute atomic E-state index is 5.00. The van der Waals surface area contributed by atoms with Crippen molar-refractivity contribution in [1.29, 1.82) is 0 Å². The highest BCUT2D eigenvalue weighted by molar-refractivity contribution is 8.33. The van der Waals surface area contributed by atoms with Crippen LogP contribution in [-0.4, -0.2) is 0 Å². The molecular weight excluding hydrogens is 351 g/mol. The second kappa shape index (κ2) is 214. The zero-order chi connectivity index (χ0) is 28.7. The van der Waals surface area contributed by atoms with Gasteiger partial charge < -0.3 is 0 Å². The zero-order valence-corrected chi connectivity index (χ0v) is 16.9. The fourth-order valence-corrected chi connectivity index (χ4v) is 0. The van der Waals surface area contributed by atoms with Gasteiger partial charge in [0.05, 0.1) is 0 Å². The Balaban J connectivity index is -0.00000000199. The Kier molecular flexibility index (Phi) is 242. The zero-order valence-electron chi connectivity index (χ0n) is 29.6. The first-order chi connectivity index (χ1) is 14.4. The van der Waals surface area contributed by atoms with E-state index in [1.54, 1.807) is 0 Å². The first kappa shape index (κ1) is 16.9. The van der Waals surface area contributed by atoms with Crippen LogP contribution in [0.5, 0.6) is 0 Å². The summed E-state index contributed by atoms with van der Waals surface area (Å²) in [6.45, 7) is 0. The maximum Gasteiger partial charge on any atom is 0 e. The summed E-state index contributed by atoms with van der Waals surface area (Å²) in [4.78, 5) is 0. The SMILES string of the molecule is C.C.C.C.C.C.P.P.P.P.PP.PPP.[2HH].[2HH].[2HH].[2HH].[2HH].[2H][2H].[2H][2H].[2H][2H].[2H][2H].[2H][2H].[2H][2H].[2H][2H].[2H][2H].[2H][2H].[2H][2H].[2H][2H].[2H][2H]. The molecule has 8 unspecified atom stereocenters. The van der Waals surface area contributed by atoms with Crippen molar-refractivity contribution in [2.24, 2.45) is 0 Å². The number of rotatable bonds is 0. The van der Waals surface area contributed by atoms with Crippen molar-refractivity contribution >= 4 is 83.3 Å². The Morgan fingerprint density at radius 1 is 0.600 bits per heavy atom. The first-order valence-electron chi connectivity index (χ1n) is 12.9. The van der Waals surface area contributed by atoms with E-state index in [1.165, 1.54) is 0 Å². The fraction of sp³-hybridized carbons (Fsp3) is 1.00. The molecule has 0 nitrogen and oxygen atoms in total. The van der Waals surface area contributed by atoms with E-state index >= 15 is 0 Å². The van der Waals surface area contributed by atoms with Crippen LogP contribution in [0.4, 0.5) is 0 Å². The molecule has 0 bridgehead atoms. The van der Waals surface area contributed by atoms with Gasteiger partial charge >= 0.3 is 0 Å². The van der Waals surface area contributed by atoms with Crippen LogP contribution in [0, 0.1) is 0 Å². The average Bonchev–Trinajstić information content (AvgIpc) is 2.94. The van der Waals surface area contributed by atoms with Gasteiger partial charge in [0, 0.05) is 42.8 Å². The van der Waals surface area contributed by atoms with Crippen LogP contribution >= 0.6 is 83.3 Å². The van der Waals surface area contributed by atoms with Crippen LogP contribution in [0.15, 0.2) is 0 Å². The van der Waals surface area contributed by atoms with Crippen LogP contribution in [0.2, 0.25) is 0 Å². The predicted molar refractivity (Wildman–Crippen MR) is 168 cm³/mol. The molecule has 0 heterocycles. The largest absolute Gasteiger partial charge is 0.153 e. The molecule has 0 saturated carbocycles. The van der Waals surface area contributed by atoms with Gasteiger partial charge in [-0.3, -0.25) is 0 Å². The molecule has 148 valence electrons. The van der Waals surface area contributed by atoms with Crippen molar-refractivity contribution in [3.63, 3.8) is 0 Å². The summed E-state index contributed by atoms with van der Waals surface area (Å²) in [5.41, 5.74) is 0. The molecule has 0 rings (SSSR count). The smallest absolute Gasteiger partial charge is 0 e. The van der Waals surface area contributed by atoms with E-state index in [0.717, 1.165) is 7.96 Å². The summed E-state index contributed by atoms with van der Waals surface area (Å²) in [7, 11) is 10.7. The van der Waals surface area contributed by atoms with E-state index in [-0.39, 0.29) is 91.3 Å². The standard InChI is InChI=1S/6CH4.H5P3.H4P2.4H3P.17H2/c;;;;;;1-3-2;1-2;;;;;;;;;;;;;;;;;;;;;/h6*1H4;3H,1-2H2;1-2H2;4*1H3;17*1H/i;;;;;;;;;;;;12*1+1D;5*1+1. The molecule has 0 amide bonds. The summed E-state index contributed by atoms with van der Waals surface area (Å²) in [6.07, 6.45) is 0. The molecule has 0 spiro atoms. The van der Waals surface area contributed by atoms with Crippen molar-refractivity contribution in [2.45, 2.75) is 44.6 Å². The van der Waals surface area contributed by atoms with E-state index in [1.807, 2.05) is 0 Å². The summed E-state index contributed by atoms with van der Waals surface area (Å²) in [5, 5.41) is 0. The summed E-state index contributed by atoms with van der Waals surface area (Å²) in [6, 6.07) is 0. The lowest BCUT2D eigenvalue weighted by Gasteiger charge is -1.51. The second-order valence-electron chi connectivity index (χ2n) is 0.167. The van der Waals surface area contributed by atoms with Crippen LogP contribution < -0.4 is 0 Å². The van der Waals surface area contributed by atoms with Crippen molar-refractivity contribution < 1.29 is 42.8 Å². The highest BCUT2D eigenvalue weighted by Gasteiger charge is 1.32. The highest BCUT2D eigenvalue weighted by atomic mass is 32.4. The fourth-order valence-electron chi connectivity index (χ4n) is 0. The molecule has 0 N–H and O–H groups in total. The molecule has 0 fully saturated rings. The first-order valence-corrected chi connectivity index (χ1v) is 8.20. The molecule has 0 aromatic heterocycles. The summed E-state index contributed by atoms with van der Waals surface area (Å²) in [5.74, 6) is 0. The topological polar surface area (TPSA) is 0 Å². The molecular formula is C6H79P9. The van der Waals surface area contributed by atoms with Gasteiger partial charge in [0.25, 0.3) is 0 Å². The Labute approximate surface area is 172 Å². The van der Waals surface area contributed by atoms with Crippen molar-refractivity contribution in [3.05, 3.63) is 0 Å². The molecule has 9 heteroatoms. The van der Waals surface area contributed by atoms with Crippen molar-refractivity contribution in [1.82, 2.24) is 0 Å². The van der Waals surface area contributed by atoms with Crippen LogP contribution in [0.3, 0.4) is 0 Å². The van der Waals surface area contributed by atoms with E-state index in [2.05, 4.69) is 35.7 Å². The maximum atomic E-state index is 5.00. The van der Waals surface area contributed by atoms with Gasteiger partial charge in [-0.2, -0.15) is 39.6 Å². The normalized spacial score (nSPS) is 8.00. The van der Waals surface area contributed by atoms with E-state index in [0.29, 0.717) is 0 Å². The molecule has 8 atom stereocenters. The minimum atomic E-state index is 0. The highest BCUT2D eigenvalue weighted by Crippen LogP contribution is 2.28. The second-order valence-corrected chi connectivity index (χ2v) is 4.50. The van der Waals surface area contributed by atoms with Gasteiger partial charge in [-0.25, -0.2) is 0 Å². The number of hydrogen-bond acceptors (Lipinski definition) is 0. The third-order valence-corrected chi connectivity index (χ3v) is 0. The summed E-state index contributed by atoms with van der Waals surface area (Å²) < 4.78 is 120. The Bertz CT molecular complexity index is 55.3. The van der Waals surface area contributed by atoms with Crippen LogP contribution in [0.25, 0.3) is 0 Å². The van der Waals surface area contributed by atoms with Gasteiger partial charge in [-0.1, -0.05) is 52.5 Å².